The third kappa shape index (κ3) is 7.70. The molecule has 3 amide bonds. The van der Waals surface area contributed by atoms with Crippen LogP contribution in [0.1, 0.15) is 32.4 Å². The number of hydrogen-bond donors (Lipinski definition) is 2. The summed E-state index contributed by atoms with van der Waals surface area (Å²) in [6.07, 6.45) is 2.30. The predicted octanol–water partition coefficient (Wildman–Crippen LogP) is 1.72. The number of fused-ring (bicyclic) bond motifs is 1. The van der Waals surface area contributed by atoms with E-state index in [4.69, 9.17) is 4.74 Å². The quantitative estimate of drug-likeness (QED) is 0.552. The molecular weight excluding hydrogens is 512 g/mol. The van der Waals surface area contributed by atoms with Gasteiger partial charge in [-0.1, -0.05) is 12.1 Å². The van der Waals surface area contributed by atoms with E-state index in [9.17, 15) is 14.7 Å². The summed E-state index contributed by atoms with van der Waals surface area (Å²) >= 11 is 0. The monoisotopic (exact) mass is 556 g/mol. The molecule has 2 aromatic rings. The molecule has 1 saturated heterocycles. The Bertz CT molecular complexity index is 1100. The van der Waals surface area contributed by atoms with Crippen LogP contribution in [0.5, 0.6) is 0 Å². The highest BCUT2D eigenvalue weighted by Crippen LogP contribution is 2.21. The van der Waals surface area contributed by atoms with Gasteiger partial charge in [-0.15, -0.1) is 5.10 Å². The minimum absolute atomic E-state index is 0.0134. The Balaban J connectivity index is 1.41. The largest absolute Gasteiger partial charge is 0.394 e. The molecular formula is C28H44N8O4. The van der Waals surface area contributed by atoms with Gasteiger partial charge in [-0.2, -0.15) is 0 Å². The molecule has 0 saturated carbocycles. The maximum absolute atomic E-state index is 13.1. The Morgan fingerprint density at radius 1 is 1.20 bits per heavy atom. The van der Waals surface area contributed by atoms with E-state index in [0.29, 0.717) is 39.1 Å². The van der Waals surface area contributed by atoms with Gasteiger partial charge < -0.3 is 34.8 Å². The number of carbonyl (C=O) groups is 2. The summed E-state index contributed by atoms with van der Waals surface area (Å²) in [7, 11) is 3.88. The number of piperazine rings is 1. The van der Waals surface area contributed by atoms with Crippen LogP contribution >= 0.6 is 0 Å². The molecule has 2 aliphatic heterocycles. The summed E-state index contributed by atoms with van der Waals surface area (Å²) in [4.78, 5) is 34.2. The van der Waals surface area contributed by atoms with Gasteiger partial charge in [0.05, 0.1) is 37.3 Å². The van der Waals surface area contributed by atoms with Crippen molar-refractivity contribution in [1.29, 1.82) is 0 Å². The van der Waals surface area contributed by atoms with E-state index in [2.05, 4.69) is 32.5 Å². The van der Waals surface area contributed by atoms with Crippen LogP contribution in [-0.4, -0.2) is 119 Å². The molecule has 12 nitrogen and oxygen atoms in total. The lowest BCUT2D eigenvalue weighted by atomic mass is 10.0. The Kier molecular flexibility index (Phi) is 10.3. The fraction of sp³-hybridized carbons (Fsp3) is 0.643. The Morgan fingerprint density at radius 3 is 2.62 bits per heavy atom. The zero-order valence-electron chi connectivity index (χ0n) is 24.2. The van der Waals surface area contributed by atoms with Crippen LogP contribution in [0, 0.1) is 5.92 Å². The smallest absolute Gasteiger partial charge is 0.321 e. The average Bonchev–Trinajstić information content (AvgIpc) is 3.40. The molecule has 2 aliphatic rings. The molecule has 12 heteroatoms. The van der Waals surface area contributed by atoms with Gasteiger partial charge in [-0.05, 0) is 44.7 Å². The molecule has 0 spiro atoms. The van der Waals surface area contributed by atoms with Crippen molar-refractivity contribution in [2.45, 2.75) is 52.0 Å². The standard InChI is InChI=1S/C28H44N8O4/c1-21-17-35(22(2)19-37)27(38)6-5-11-36-25(16-29-31-36)20-40-26(21)18-33(4)28(39)30-23-7-9-24(10-8-23)34-14-12-32(3)13-15-34/h7-10,16,21-22,26,37H,5-6,11-15,17-20H2,1-4H3,(H,30,39)/t21-,22+,26-/m1/s1. The normalized spacial score (nSPS) is 22.2. The highest BCUT2D eigenvalue weighted by atomic mass is 16.5. The number of benzene rings is 1. The molecule has 40 heavy (non-hydrogen) atoms. The fourth-order valence-electron chi connectivity index (χ4n) is 5.14. The average molecular weight is 557 g/mol. The molecule has 0 radical (unpaired) electrons. The van der Waals surface area contributed by atoms with Gasteiger partial charge in [0.2, 0.25) is 5.91 Å². The van der Waals surface area contributed by atoms with E-state index in [0.717, 1.165) is 43.2 Å². The summed E-state index contributed by atoms with van der Waals surface area (Å²) < 4.78 is 8.10. The third-order valence-corrected chi connectivity index (χ3v) is 7.93. The van der Waals surface area contributed by atoms with E-state index in [1.54, 1.807) is 27.7 Å². The number of amides is 3. The molecule has 1 fully saturated rings. The van der Waals surface area contributed by atoms with Crippen molar-refractivity contribution in [2.24, 2.45) is 5.92 Å². The van der Waals surface area contributed by atoms with Gasteiger partial charge in [0, 0.05) is 76.6 Å². The Labute approximate surface area is 236 Å². The SMILES string of the molecule is C[C@@H]1CN([C@@H](C)CO)C(=O)CCCn2nncc2CO[C@@H]1CN(C)C(=O)Nc1ccc(N2CCN(C)CC2)cc1. The van der Waals surface area contributed by atoms with E-state index < -0.39 is 0 Å². The summed E-state index contributed by atoms with van der Waals surface area (Å²) in [5.74, 6) is -0.111. The number of ether oxygens (including phenoxy) is 1. The minimum atomic E-state index is -0.362. The summed E-state index contributed by atoms with van der Waals surface area (Å²) in [5, 5.41) is 20.9. The Morgan fingerprint density at radius 2 is 1.93 bits per heavy atom. The molecule has 3 heterocycles. The van der Waals surface area contributed by atoms with Crippen LogP contribution in [0.2, 0.25) is 0 Å². The maximum Gasteiger partial charge on any atom is 0.321 e. The number of nitrogens with one attached hydrogen (secondary N) is 1. The summed E-state index contributed by atoms with van der Waals surface area (Å²) in [6, 6.07) is 7.41. The molecule has 2 N–H and O–H groups in total. The van der Waals surface area contributed by atoms with E-state index in [-0.39, 0.29) is 36.6 Å². The first-order chi connectivity index (χ1) is 19.2. The fourth-order valence-corrected chi connectivity index (χ4v) is 5.14. The van der Waals surface area contributed by atoms with Gasteiger partial charge >= 0.3 is 6.03 Å². The van der Waals surface area contributed by atoms with Crippen molar-refractivity contribution >= 4 is 23.3 Å². The lowest BCUT2D eigenvalue weighted by Crippen LogP contribution is -2.48. The number of aryl methyl sites for hydroxylation is 1. The number of carbonyl (C=O) groups excluding carboxylic acids is 2. The topological polar surface area (TPSA) is 119 Å². The number of nitrogens with zero attached hydrogens (tertiary/aromatic N) is 7. The van der Waals surface area contributed by atoms with Gasteiger partial charge in [-0.3, -0.25) is 4.79 Å². The first-order valence-corrected chi connectivity index (χ1v) is 14.2. The molecule has 0 bridgehead atoms. The number of rotatable bonds is 6. The zero-order chi connectivity index (χ0) is 28.6. The van der Waals surface area contributed by atoms with Crippen molar-refractivity contribution in [3.8, 4) is 0 Å². The molecule has 3 atom stereocenters. The van der Waals surface area contributed by atoms with Crippen molar-refractivity contribution in [2.75, 3.05) is 70.2 Å². The summed E-state index contributed by atoms with van der Waals surface area (Å²) in [5.41, 5.74) is 2.71. The van der Waals surface area contributed by atoms with Crippen molar-refractivity contribution in [3.63, 3.8) is 0 Å². The minimum Gasteiger partial charge on any atom is -0.394 e. The third-order valence-electron chi connectivity index (χ3n) is 7.93. The molecule has 4 rings (SSSR count). The van der Waals surface area contributed by atoms with Gasteiger partial charge in [0.1, 0.15) is 0 Å². The molecule has 0 unspecified atom stereocenters. The van der Waals surface area contributed by atoms with Crippen LogP contribution in [0.15, 0.2) is 30.5 Å². The first kappa shape index (κ1) is 29.8. The van der Waals surface area contributed by atoms with Crippen molar-refractivity contribution < 1.29 is 19.4 Å². The second kappa shape index (κ2) is 13.9. The molecule has 1 aromatic heterocycles. The van der Waals surface area contributed by atoms with Crippen LogP contribution in [-0.2, 0) is 22.7 Å². The molecule has 0 aliphatic carbocycles. The van der Waals surface area contributed by atoms with Gasteiger partial charge in [-0.25, -0.2) is 9.48 Å². The highest BCUT2D eigenvalue weighted by Gasteiger charge is 2.29. The van der Waals surface area contributed by atoms with Crippen molar-refractivity contribution in [1.82, 2.24) is 29.7 Å². The van der Waals surface area contributed by atoms with E-state index in [1.807, 2.05) is 38.1 Å². The maximum atomic E-state index is 13.1. The number of aliphatic hydroxyl groups is 1. The second-order valence-corrected chi connectivity index (χ2v) is 11.1. The highest BCUT2D eigenvalue weighted by molar-refractivity contribution is 5.89. The second-order valence-electron chi connectivity index (χ2n) is 11.1. The van der Waals surface area contributed by atoms with Crippen LogP contribution < -0.4 is 10.2 Å². The number of hydrogen-bond acceptors (Lipinski definition) is 8. The number of anilines is 2. The van der Waals surface area contributed by atoms with Gasteiger partial charge in [0.15, 0.2) is 0 Å². The van der Waals surface area contributed by atoms with E-state index >= 15 is 0 Å². The summed E-state index contributed by atoms with van der Waals surface area (Å²) in [6.45, 7) is 9.39. The van der Waals surface area contributed by atoms with Gasteiger partial charge in [0.25, 0.3) is 0 Å². The number of aromatic nitrogens is 3. The molecule has 220 valence electrons. The number of urea groups is 1. The van der Waals surface area contributed by atoms with Crippen LogP contribution in [0.25, 0.3) is 0 Å². The first-order valence-electron chi connectivity index (χ1n) is 14.2. The number of likely N-dealkylation sites (N-methyl/N-ethyl adjacent to an activating group) is 2. The van der Waals surface area contributed by atoms with Crippen molar-refractivity contribution in [3.05, 3.63) is 36.2 Å². The van der Waals surface area contributed by atoms with Crippen LogP contribution in [0.4, 0.5) is 16.2 Å². The van der Waals surface area contributed by atoms with E-state index in [1.165, 1.54) is 0 Å². The Hall–Kier alpha value is -3.22. The predicted molar refractivity (Wildman–Crippen MR) is 153 cm³/mol. The number of aliphatic hydroxyl groups excluding tert-OH is 1. The lowest BCUT2D eigenvalue weighted by molar-refractivity contribution is -0.136. The lowest BCUT2D eigenvalue weighted by Gasteiger charge is -2.35. The molecule has 1 aromatic carbocycles. The van der Waals surface area contributed by atoms with Crippen LogP contribution in [0.3, 0.4) is 0 Å². The zero-order valence-corrected chi connectivity index (χ0v) is 24.2.